The highest BCUT2D eigenvalue weighted by molar-refractivity contribution is 5.85. The van der Waals surface area contributed by atoms with Crippen molar-refractivity contribution in [1.82, 2.24) is 10.2 Å². The summed E-state index contributed by atoms with van der Waals surface area (Å²) >= 11 is 0. The molecule has 1 aliphatic heterocycles. The third kappa shape index (κ3) is 4.25. The molecule has 1 fully saturated rings. The minimum absolute atomic E-state index is 0.0844. The Hall–Kier alpha value is -1.99. The average Bonchev–Trinajstić information content (AvgIpc) is 2.52. The molecule has 0 aromatic heterocycles. The highest BCUT2D eigenvalue weighted by Gasteiger charge is 2.29. The van der Waals surface area contributed by atoms with Crippen LogP contribution < -0.4 is 11.1 Å². The van der Waals surface area contributed by atoms with Gasteiger partial charge in [-0.15, -0.1) is 0 Å². The lowest BCUT2D eigenvalue weighted by Gasteiger charge is -2.37. The van der Waals surface area contributed by atoms with E-state index in [0.717, 1.165) is 5.56 Å². The van der Waals surface area contributed by atoms with Gasteiger partial charge in [-0.3, -0.25) is 9.59 Å². The second-order valence-electron chi connectivity index (χ2n) is 5.27. The molecule has 1 aromatic carbocycles. The van der Waals surface area contributed by atoms with E-state index in [2.05, 4.69) is 5.32 Å². The second kappa shape index (κ2) is 7.33. The fourth-order valence-electron chi connectivity index (χ4n) is 2.37. The first-order valence-electron chi connectivity index (χ1n) is 7.15. The Morgan fingerprint density at radius 2 is 2.05 bits per heavy atom. The van der Waals surface area contributed by atoms with Gasteiger partial charge in [0.25, 0.3) is 0 Å². The molecule has 22 heavy (non-hydrogen) atoms. The Morgan fingerprint density at radius 3 is 2.68 bits per heavy atom. The van der Waals surface area contributed by atoms with Crippen LogP contribution in [0, 0.1) is 5.82 Å². The molecule has 2 amide bonds. The van der Waals surface area contributed by atoms with Gasteiger partial charge >= 0.3 is 0 Å². The van der Waals surface area contributed by atoms with Gasteiger partial charge in [-0.25, -0.2) is 4.39 Å². The van der Waals surface area contributed by atoms with Gasteiger partial charge in [0, 0.05) is 6.54 Å². The fourth-order valence-corrected chi connectivity index (χ4v) is 2.37. The zero-order valence-electron chi connectivity index (χ0n) is 12.4. The van der Waals surface area contributed by atoms with Crippen molar-refractivity contribution < 1.29 is 18.7 Å². The van der Waals surface area contributed by atoms with E-state index in [1.54, 1.807) is 17.0 Å². The summed E-state index contributed by atoms with van der Waals surface area (Å²) in [5.74, 6) is -0.876. The number of ether oxygens (including phenoxy) is 1. The van der Waals surface area contributed by atoms with Crippen molar-refractivity contribution in [2.75, 3.05) is 26.2 Å². The molecule has 1 saturated heterocycles. The third-order valence-corrected chi connectivity index (χ3v) is 3.48. The number of nitrogens with two attached hydrogens (primary N) is 1. The lowest BCUT2D eigenvalue weighted by molar-refractivity contribution is -0.144. The molecule has 3 N–H and O–H groups in total. The van der Waals surface area contributed by atoms with E-state index in [0.29, 0.717) is 13.1 Å². The summed E-state index contributed by atoms with van der Waals surface area (Å²) in [4.78, 5) is 24.9. The van der Waals surface area contributed by atoms with E-state index in [9.17, 15) is 14.0 Å². The summed E-state index contributed by atoms with van der Waals surface area (Å²) in [6, 6.07) is 6.03. The summed E-state index contributed by atoms with van der Waals surface area (Å²) in [6.45, 7) is 2.46. The van der Waals surface area contributed by atoms with Crippen molar-refractivity contribution >= 4 is 11.8 Å². The summed E-state index contributed by atoms with van der Waals surface area (Å²) in [5.41, 5.74) is 6.00. The van der Waals surface area contributed by atoms with Crippen molar-refractivity contribution in [2.24, 2.45) is 5.73 Å². The molecule has 0 radical (unpaired) electrons. The monoisotopic (exact) mass is 309 g/mol. The van der Waals surface area contributed by atoms with Crippen LogP contribution >= 0.6 is 0 Å². The van der Waals surface area contributed by atoms with Crippen LogP contribution in [0.25, 0.3) is 0 Å². The molecular formula is C15H20FN3O3. The highest BCUT2D eigenvalue weighted by atomic mass is 19.1. The largest absolute Gasteiger partial charge is 0.367 e. The lowest BCUT2D eigenvalue weighted by Crippen LogP contribution is -2.49. The number of hydrogen-bond acceptors (Lipinski definition) is 4. The first-order chi connectivity index (χ1) is 10.5. The zero-order valence-corrected chi connectivity index (χ0v) is 12.4. The molecule has 2 atom stereocenters. The first-order valence-corrected chi connectivity index (χ1v) is 7.15. The normalized spacial score (nSPS) is 21.5. The number of morpholine rings is 1. The molecule has 1 heterocycles. The number of halogens is 1. The van der Waals surface area contributed by atoms with Crippen molar-refractivity contribution in [1.29, 1.82) is 0 Å². The van der Waals surface area contributed by atoms with Crippen LogP contribution in [0.5, 0.6) is 0 Å². The Labute approximate surface area is 128 Å². The van der Waals surface area contributed by atoms with E-state index in [1.165, 1.54) is 12.1 Å². The van der Waals surface area contributed by atoms with E-state index in [-0.39, 0.29) is 42.9 Å². The standard InChI is InChI=1S/C15H20FN3O3/c1-10-8-19(15(21)7-18-14(20)6-17)9-13(22-10)11-2-4-12(16)5-3-11/h2-5,10,13H,6-9,17H2,1H3,(H,18,20). The van der Waals surface area contributed by atoms with E-state index >= 15 is 0 Å². The van der Waals surface area contributed by atoms with Crippen molar-refractivity contribution in [3.63, 3.8) is 0 Å². The number of amides is 2. The molecule has 6 nitrogen and oxygen atoms in total. The summed E-state index contributed by atoms with van der Waals surface area (Å²) in [7, 11) is 0. The smallest absolute Gasteiger partial charge is 0.242 e. The van der Waals surface area contributed by atoms with Crippen molar-refractivity contribution in [3.05, 3.63) is 35.6 Å². The van der Waals surface area contributed by atoms with Crippen LogP contribution in [-0.2, 0) is 14.3 Å². The van der Waals surface area contributed by atoms with Crippen LogP contribution in [-0.4, -0.2) is 49.0 Å². The Balaban J connectivity index is 1.99. The van der Waals surface area contributed by atoms with Gasteiger partial charge in [0.05, 0.1) is 25.7 Å². The molecule has 0 aliphatic carbocycles. The maximum atomic E-state index is 13.0. The van der Waals surface area contributed by atoms with Crippen LogP contribution in [0.2, 0.25) is 0 Å². The summed E-state index contributed by atoms with van der Waals surface area (Å²) in [6.07, 6.45) is -0.448. The molecule has 120 valence electrons. The SMILES string of the molecule is CC1CN(C(=O)CNC(=O)CN)CC(c2ccc(F)cc2)O1. The fraction of sp³-hybridized carbons (Fsp3) is 0.467. The van der Waals surface area contributed by atoms with Crippen LogP contribution in [0.15, 0.2) is 24.3 Å². The minimum atomic E-state index is -0.371. The Bertz CT molecular complexity index is 535. The molecule has 0 bridgehead atoms. The molecule has 0 spiro atoms. The number of carbonyl (C=O) groups is 2. The molecule has 7 heteroatoms. The Morgan fingerprint density at radius 1 is 1.36 bits per heavy atom. The number of rotatable bonds is 4. The van der Waals surface area contributed by atoms with Gasteiger partial charge in [-0.1, -0.05) is 12.1 Å². The maximum Gasteiger partial charge on any atom is 0.242 e. The first kappa shape index (κ1) is 16.4. The van der Waals surface area contributed by atoms with Crippen LogP contribution in [0.3, 0.4) is 0 Å². The molecular weight excluding hydrogens is 289 g/mol. The topological polar surface area (TPSA) is 84.7 Å². The zero-order chi connectivity index (χ0) is 16.1. The molecule has 0 saturated carbocycles. The van der Waals surface area contributed by atoms with E-state index in [4.69, 9.17) is 10.5 Å². The number of nitrogens with zero attached hydrogens (tertiary/aromatic N) is 1. The minimum Gasteiger partial charge on any atom is -0.367 e. The molecule has 2 rings (SSSR count). The Kier molecular flexibility index (Phi) is 5.46. The molecule has 1 aliphatic rings. The average molecular weight is 309 g/mol. The molecule has 2 unspecified atom stereocenters. The van der Waals surface area contributed by atoms with E-state index < -0.39 is 0 Å². The van der Waals surface area contributed by atoms with Gasteiger partial charge < -0.3 is 20.7 Å². The molecule has 1 aromatic rings. The lowest BCUT2D eigenvalue weighted by atomic mass is 10.1. The van der Waals surface area contributed by atoms with Gasteiger partial charge in [0.2, 0.25) is 11.8 Å². The predicted molar refractivity (Wildman–Crippen MR) is 78.3 cm³/mol. The predicted octanol–water partition coefficient (Wildman–Crippen LogP) is 0.189. The summed E-state index contributed by atoms with van der Waals surface area (Å²) in [5, 5.41) is 2.46. The quantitative estimate of drug-likeness (QED) is 0.831. The maximum absolute atomic E-state index is 13.0. The number of nitrogens with one attached hydrogen (secondary N) is 1. The van der Waals surface area contributed by atoms with Gasteiger partial charge in [0.1, 0.15) is 11.9 Å². The van der Waals surface area contributed by atoms with Crippen LogP contribution in [0.1, 0.15) is 18.6 Å². The van der Waals surface area contributed by atoms with Crippen molar-refractivity contribution in [2.45, 2.75) is 19.1 Å². The van der Waals surface area contributed by atoms with Crippen LogP contribution in [0.4, 0.5) is 4.39 Å². The summed E-state index contributed by atoms with van der Waals surface area (Å²) < 4.78 is 18.8. The van der Waals surface area contributed by atoms with E-state index in [1.807, 2.05) is 6.92 Å². The van der Waals surface area contributed by atoms with Gasteiger partial charge in [0.15, 0.2) is 0 Å². The second-order valence-corrected chi connectivity index (χ2v) is 5.27. The van der Waals surface area contributed by atoms with Gasteiger partial charge in [-0.05, 0) is 24.6 Å². The van der Waals surface area contributed by atoms with Gasteiger partial charge in [-0.2, -0.15) is 0 Å². The highest BCUT2D eigenvalue weighted by Crippen LogP contribution is 2.25. The number of benzene rings is 1. The third-order valence-electron chi connectivity index (χ3n) is 3.48. The van der Waals surface area contributed by atoms with Crippen molar-refractivity contribution in [3.8, 4) is 0 Å². The number of hydrogen-bond donors (Lipinski definition) is 2. The number of carbonyl (C=O) groups excluding carboxylic acids is 2.